The predicted octanol–water partition coefficient (Wildman–Crippen LogP) is 2.66. The first-order valence-corrected chi connectivity index (χ1v) is 6.54. The van der Waals surface area contributed by atoms with Crippen LogP contribution in [0.25, 0.3) is 0 Å². The highest BCUT2D eigenvalue weighted by Crippen LogP contribution is 2.33. The van der Waals surface area contributed by atoms with E-state index in [9.17, 15) is 9.50 Å². The fourth-order valence-corrected chi connectivity index (χ4v) is 2.64. The lowest BCUT2D eigenvalue weighted by Gasteiger charge is -2.39. The molecule has 0 bridgehead atoms. The Labute approximate surface area is 117 Å². The standard InChI is InChI=1S/C16H16FNO2/c17-13-5-3-6-14(8-13)18-16(10-19)11-20-9-12-4-1-2-7-15(12)16/h1-8,18-19H,9-11H2. The van der Waals surface area contributed by atoms with Gasteiger partial charge in [0.25, 0.3) is 0 Å². The lowest BCUT2D eigenvalue weighted by atomic mass is 9.85. The topological polar surface area (TPSA) is 41.5 Å². The molecule has 1 aliphatic heterocycles. The third-order valence-electron chi connectivity index (χ3n) is 3.62. The second-order valence-corrected chi connectivity index (χ2v) is 5.03. The summed E-state index contributed by atoms with van der Waals surface area (Å²) in [6.45, 7) is 0.750. The van der Waals surface area contributed by atoms with E-state index >= 15 is 0 Å². The molecule has 4 heteroatoms. The maximum atomic E-state index is 13.3. The van der Waals surface area contributed by atoms with Crippen molar-refractivity contribution in [3.63, 3.8) is 0 Å². The summed E-state index contributed by atoms with van der Waals surface area (Å²) in [5, 5.41) is 13.1. The van der Waals surface area contributed by atoms with Gasteiger partial charge in [-0.25, -0.2) is 4.39 Å². The molecule has 0 aromatic heterocycles. The van der Waals surface area contributed by atoms with Gasteiger partial charge in [0, 0.05) is 5.69 Å². The Balaban J connectivity index is 2.00. The third kappa shape index (κ3) is 2.28. The minimum absolute atomic E-state index is 0.124. The van der Waals surface area contributed by atoms with Crippen molar-refractivity contribution in [2.75, 3.05) is 18.5 Å². The molecule has 1 heterocycles. The Morgan fingerprint density at radius 1 is 1.20 bits per heavy atom. The number of rotatable bonds is 3. The van der Waals surface area contributed by atoms with Crippen molar-refractivity contribution >= 4 is 5.69 Å². The molecule has 3 rings (SSSR count). The summed E-state index contributed by atoms with van der Waals surface area (Å²) in [6.07, 6.45) is 0. The highest BCUT2D eigenvalue weighted by molar-refractivity contribution is 5.50. The molecule has 0 fully saturated rings. The molecule has 0 aliphatic carbocycles. The summed E-state index contributed by atoms with van der Waals surface area (Å²) in [7, 11) is 0. The number of hydrogen-bond donors (Lipinski definition) is 2. The van der Waals surface area contributed by atoms with Gasteiger partial charge in [0.1, 0.15) is 11.4 Å². The van der Waals surface area contributed by atoms with Gasteiger partial charge in [-0.05, 0) is 29.3 Å². The van der Waals surface area contributed by atoms with Crippen molar-refractivity contribution in [3.05, 3.63) is 65.5 Å². The van der Waals surface area contributed by atoms with Gasteiger partial charge in [0.05, 0.1) is 19.8 Å². The molecule has 3 nitrogen and oxygen atoms in total. The van der Waals surface area contributed by atoms with E-state index in [1.807, 2.05) is 24.3 Å². The Bertz CT molecular complexity index is 617. The van der Waals surface area contributed by atoms with Crippen molar-refractivity contribution < 1.29 is 14.2 Å². The first-order valence-electron chi connectivity index (χ1n) is 6.54. The molecule has 0 saturated heterocycles. The van der Waals surface area contributed by atoms with Gasteiger partial charge in [-0.2, -0.15) is 0 Å². The van der Waals surface area contributed by atoms with Crippen LogP contribution in [0, 0.1) is 5.82 Å². The van der Waals surface area contributed by atoms with E-state index in [-0.39, 0.29) is 12.4 Å². The molecule has 2 N–H and O–H groups in total. The van der Waals surface area contributed by atoms with Crippen LogP contribution in [-0.4, -0.2) is 18.3 Å². The maximum absolute atomic E-state index is 13.3. The number of halogens is 1. The van der Waals surface area contributed by atoms with Crippen molar-refractivity contribution in [3.8, 4) is 0 Å². The molecule has 2 aromatic carbocycles. The van der Waals surface area contributed by atoms with Gasteiger partial charge in [-0.3, -0.25) is 0 Å². The second kappa shape index (κ2) is 5.23. The number of ether oxygens (including phenoxy) is 1. The quantitative estimate of drug-likeness (QED) is 0.903. The van der Waals surface area contributed by atoms with E-state index in [1.165, 1.54) is 12.1 Å². The smallest absolute Gasteiger partial charge is 0.125 e. The number of aliphatic hydroxyl groups is 1. The van der Waals surface area contributed by atoms with E-state index in [4.69, 9.17) is 4.74 Å². The number of benzene rings is 2. The fraction of sp³-hybridized carbons (Fsp3) is 0.250. The highest BCUT2D eigenvalue weighted by Gasteiger charge is 2.36. The molecular formula is C16H16FNO2. The first-order chi connectivity index (χ1) is 9.73. The Morgan fingerprint density at radius 3 is 2.85 bits per heavy atom. The van der Waals surface area contributed by atoms with Gasteiger partial charge >= 0.3 is 0 Å². The van der Waals surface area contributed by atoms with E-state index in [0.29, 0.717) is 18.9 Å². The lowest BCUT2D eigenvalue weighted by molar-refractivity contribution is 0.0357. The molecule has 0 amide bonds. The van der Waals surface area contributed by atoms with Crippen LogP contribution in [0.1, 0.15) is 11.1 Å². The number of fused-ring (bicyclic) bond motifs is 1. The summed E-state index contributed by atoms with van der Waals surface area (Å²) >= 11 is 0. The van der Waals surface area contributed by atoms with Crippen molar-refractivity contribution in [1.82, 2.24) is 0 Å². The van der Waals surface area contributed by atoms with E-state index in [0.717, 1.165) is 11.1 Å². The van der Waals surface area contributed by atoms with Crippen molar-refractivity contribution in [1.29, 1.82) is 0 Å². The zero-order valence-electron chi connectivity index (χ0n) is 11.0. The van der Waals surface area contributed by atoms with Gasteiger partial charge < -0.3 is 15.2 Å². The zero-order valence-corrected chi connectivity index (χ0v) is 11.0. The molecule has 104 valence electrons. The predicted molar refractivity (Wildman–Crippen MR) is 74.9 cm³/mol. The van der Waals surface area contributed by atoms with Crippen LogP contribution in [0.4, 0.5) is 10.1 Å². The molecule has 1 aliphatic rings. The highest BCUT2D eigenvalue weighted by atomic mass is 19.1. The van der Waals surface area contributed by atoms with Crippen LogP contribution in [0.2, 0.25) is 0 Å². The average Bonchev–Trinajstić information content (AvgIpc) is 2.47. The summed E-state index contributed by atoms with van der Waals surface area (Å²) in [4.78, 5) is 0. The van der Waals surface area contributed by atoms with Crippen LogP contribution < -0.4 is 5.32 Å². The van der Waals surface area contributed by atoms with Crippen LogP contribution >= 0.6 is 0 Å². The molecule has 0 saturated carbocycles. The number of anilines is 1. The second-order valence-electron chi connectivity index (χ2n) is 5.03. The van der Waals surface area contributed by atoms with Gasteiger partial charge in [0.2, 0.25) is 0 Å². The summed E-state index contributed by atoms with van der Waals surface area (Å²) < 4.78 is 18.9. The van der Waals surface area contributed by atoms with Crippen LogP contribution in [0.5, 0.6) is 0 Å². The van der Waals surface area contributed by atoms with E-state index in [1.54, 1.807) is 12.1 Å². The monoisotopic (exact) mass is 273 g/mol. The molecule has 2 aromatic rings. The molecular weight excluding hydrogens is 257 g/mol. The molecule has 0 spiro atoms. The van der Waals surface area contributed by atoms with Gasteiger partial charge in [0.15, 0.2) is 0 Å². The normalized spacial score (nSPS) is 21.3. The Hall–Kier alpha value is -1.91. The van der Waals surface area contributed by atoms with Crippen molar-refractivity contribution in [2.24, 2.45) is 0 Å². The summed E-state index contributed by atoms with van der Waals surface area (Å²) in [5.41, 5.74) is 1.93. The van der Waals surface area contributed by atoms with Gasteiger partial charge in [-0.1, -0.05) is 30.3 Å². The summed E-state index contributed by atoms with van der Waals surface area (Å²) in [5.74, 6) is -0.312. The lowest BCUT2D eigenvalue weighted by Crippen LogP contribution is -2.46. The van der Waals surface area contributed by atoms with Gasteiger partial charge in [-0.15, -0.1) is 0 Å². The molecule has 1 unspecified atom stereocenters. The zero-order chi connectivity index (χ0) is 14.0. The van der Waals surface area contributed by atoms with E-state index in [2.05, 4.69) is 5.32 Å². The Morgan fingerprint density at radius 2 is 2.05 bits per heavy atom. The maximum Gasteiger partial charge on any atom is 0.125 e. The fourth-order valence-electron chi connectivity index (χ4n) is 2.64. The first kappa shape index (κ1) is 13.1. The molecule has 1 atom stereocenters. The SMILES string of the molecule is OCC1(Nc2cccc(F)c2)COCc2ccccc21. The van der Waals surface area contributed by atoms with Crippen molar-refractivity contribution in [2.45, 2.75) is 12.1 Å². The number of aliphatic hydroxyl groups excluding tert-OH is 1. The molecule has 20 heavy (non-hydrogen) atoms. The third-order valence-corrected chi connectivity index (χ3v) is 3.62. The van der Waals surface area contributed by atoms with Crippen LogP contribution in [-0.2, 0) is 16.9 Å². The number of nitrogens with one attached hydrogen (secondary N) is 1. The van der Waals surface area contributed by atoms with Crippen LogP contribution in [0.15, 0.2) is 48.5 Å². The number of hydrogen-bond acceptors (Lipinski definition) is 3. The van der Waals surface area contributed by atoms with E-state index < -0.39 is 5.54 Å². The average molecular weight is 273 g/mol. The summed E-state index contributed by atoms with van der Waals surface area (Å²) in [6, 6.07) is 14.0. The Kier molecular flexibility index (Phi) is 3.42. The minimum atomic E-state index is -0.733. The minimum Gasteiger partial charge on any atom is -0.393 e. The largest absolute Gasteiger partial charge is 0.393 e. The molecule has 0 radical (unpaired) electrons. The van der Waals surface area contributed by atoms with Crippen LogP contribution in [0.3, 0.4) is 0 Å².